The van der Waals surface area contributed by atoms with Crippen molar-refractivity contribution in [2.24, 2.45) is 0 Å². The first-order chi connectivity index (χ1) is 9.44. The van der Waals surface area contributed by atoms with Gasteiger partial charge in [-0.3, -0.25) is 0 Å². The summed E-state index contributed by atoms with van der Waals surface area (Å²) in [5.74, 6) is 0. The number of rotatable bonds is 13. The van der Waals surface area contributed by atoms with Crippen molar-refractivity contribution < 1.29 is 4.43 Å². The minimum Gasteiger partial charge on any atom is -0.414 e. The highest BCUT2D eigenvalue weighted by atomic mass is 28.4. The van der Waals surface area contributed by atoms with Gasteiger partial charge in [-0.25, -0.2) is 0 Å². The molecule has 2 heteroatoms. The van der Waals surface area contributed by atoms with Gasteiger partial charge >= 0.3 is 0 Å². The molecule has 0 bridgehead atoms. The second-order valence-corrected chi connectivity index (χ2v) is 11.8. The molecule has 0 fully saturated rings. The lowest BCUT2D eigenvalue weighted by Gasteiger charge is -2.32. The van der Waals surface area contributed by atoms with E-state index in [9.17, 15) is 0 Å². The summed E-state index contributed by atoms with van der Waals surface area (Å²) in [4.78, 5) is 0. The molecule has 20 heavy (non-hydrogen) atoms. The Kier molecular flexibility index (Phi) is 11.9. The molecule has 0 saturated heterocycles. The second kappa shape index (κ2) is 11.8. The highest BCUT2D eigenvalue weighted by Gasteiger charge is 2.29. The van der Waals surface area contributed by atoms with E-state index in [1.165, 1.54) is 64.2 Å². The maximum atomic E-state index is 6.57. The lowest BCUT2D eigenvalue weighted by Crippen LogP contribution is -2.38. The Balaban J connectivity index is 4.02. The van der Waals surface area contributed by atoms with Gasteiger partial charge in [-0.05, 0) is 31.5 Å². The highest BCUT2D eigenvalue weighted by Crippen LogP contribution is 2.26. The average Bonchev–Trinajstić information content (AvgIpc) is 2.39. The molecule has 0 N–H and O–H groups in total. The standard InChI is InChI=1S/C18H40OSi/c1-7-9-11-12-13-14-16-18(15-10-8-2)19-20(5,6)17(3)4/h17-18H,7-16H2,1-6H3. The van der Waals surface area contributed by atoms with Crippen LogP contribution in [0.3, 0.4) is 0 Å². The maximum Gasteiger partial charge on any atom is 0.189 e. The molecule has 1 nitrogen and oxygen atoms in total. The van der Waals surface area contributed by atoms with Gasteiger partial charge in [-0.2, -0.15) is 0 Å². The maximum absolute atomic E-state index is 6.57. The van der Waals surface area contributed by atoms with Crippen molar-refractivity contribution in [3.63, 3.8) is 0 Å². The third-order valence-electron chi connectivity index (χ3n) is 4.62. The fourth-order valence-electron chi connectivity index (χ4n) is 2.41. The van der Waals surface area contributed by atoms with Crippen LogP contribution in [0.5, 0.6) is 0 Å². The van der Waals surface area contributed by atoms with Crippen LogP contribution in [-0.4, -0.2) is 14.4 Å². The summed E-state index contributed by atoms with van der Waals surface area (Å²) in [6, 6.07) is 0. The summed E-state index contributed by atoms with van der Waals surface area (Å²) in [5.41, 5.74) is 0.719. The van der Waals surface area contributed by atoms with Crippen LogP contribution in [0.15, 0.2) is 0 Å². The minimum atomic E-state index is -1.47. The molecule has 0 heterocycles. The molecule has 0 amide bonds. The van der Waals surface area contributed by atoms with E-state index in [1.54, 1.807) is 0 Å². The van der Waals surface area contributed by atoms with Gasteiger partial charge in [0.25, 0.3) is 0 Å². The van der Waals surface area contributed by atoms with Gasteiger partial charge in [0.1, 0.15) is 0 Å². The molecule has 0 spiro atoms. The van der Waals surface area contributed by atoms with Gasteiger partial charge in [0, 0.05) is 6.10 Å². The third kappa shape index (κ3) is 9.98. The van der Waals surface area contributed by atoms with Crippen molar-refractivity contribution in [2.75, 3.05) is 0 Å². The van der Waals surface area contributed by atoms with Crippen molar-refractivity contribution in [3.8, 4) is 0 Å². The van der Waals surface area contributed by atoms with Crippen LogP contribution in [0.2, 0.25) is 18.6 Å². The van der Waals surface area contributed by atoms with Crippen molar-refractivity contribution in [3.05, 3.63) is 0 Å². The second-order valence-electron chi connectivity index (χ2n) is 7.20. The summed E-state index contributed by atoms with van der Waals surface area (Å²) in [7, 11) is -1.47. The fourth-order valence-corrected chi connectivity index (χ4v) is 3.78. The van der Waals surface area contributed by atoms with Crippen molar-refractivity contribution >= 4 is 8.32 Å². The molecule has 0 aliphatic rings. The molecule has 0 saturated carbocycles. The van der Waals surface area contributed by atoms with Crippen LogP contribution in [-0.2, 0) is 4.43 Å². The van der Waals surface area contributed by atoms with Gasteiger partial charge in [0.15, 0.2) is 8.32 Å². The summed E-state index contributed by atoms with van der Waals surface area (Å²) >= 11 is 0. The van der Waals surface area contributed by atoms with Gasteiger partial charge < -0.3 is 4.43 Å². The predicted octanol–water partition coefficient (Wildman–Crippen LogP) is 6.93. The first-order valence-corrected chi connectivity index (χ1v) is 12.1. The highest BCUT2D eigenvalue weighted by molar-refractivity contribution is 6.72. The molecule has 0 radical (unpaired) electrons. The lowest BCUT2D eigenvalue weighted by molar-refractivity contribution is 0.161. The van der Waals surface area contributed by atoms with Crippen molar-refractivity contribution in [1.82, 2.24) is 0 Å². The summed E-state index contributed by atoms with van der Waals surface area (Å²) < 4.78 is 6.57. The van der Waals surface area contributed by atoms with Gasteiger partial charge in [-0.1, -0.05) is 79.1 Å². The Morgan fingerprint density at radius 2 is 1.25 bits per heavy atom. The molecule has 0 aromatic heterocycles. The molecule has 1 atom stereocenters. The Labute approximate surface area is 130 Å². The summed E-state index contributed by atoms with van der Waals surface area (Å²) in [6.07, 6.45) is 14.1. The van der Waals surface area contributed by atoms with Gasteiger partial charge in [-0.15, -0.1) is 0 Å². The lowest BCUT2D eigenvalue weighted by atomic mass is 10.0. The quantitative estimate of drug-likeness (QED) is 0.265. The molecule has 0 aromatic rings. The molecule has 1 unspecified atom stereocenters. The van der Waals surface area contributed by atoms with E-state index in [-0.39, 0.29) is 0 Å². The van der Waals surface area contributed by atoms with E-state index >= 15 is 0 Å². The normalized spacial score (nSPS) is 13.9. The minimum absolute atomic E-state index is 0.533. The molecule has 0 aliphatic carbocycles. The van der Waals surface area contributed by atoms with Crippen LogP contribution >= 0.6 is 0 Å². The first kappa shape index (κ1) is 20.2. The van der Waals surface area contributed by atoms with Gasteiger partial charge in [0.2, 0.25) is 0 Å². The van der Waals surface area contributed by atoms with E-state index in [0.717, 1.165) is 5.54 Å². The monoisotopic (exact) mass is 300 g/mol. The molecule has 0 aliphatic heterocycles. The van der Waals surface area contributed by atoms with Crippen LogP contribution in [0.4, 0.5) is 0 Å². The van der Waals surface area contributed by atoms with E-state index in [2.05, 4.69) is 40.8 Å². The van der Waals surface area contributed by atoms with E-state index in [1.807, 2.05) is 0 Å². The van der Waals surface area contributed by atoms with Gasteiger partial charge in [0.05, 0.1) is 0 Å². The SMILES string of the molecule is CCCCCCCCC(CCCC)O[Si](C)(C)C(C)C. The Morgan fingerprint density at radius 1 is 0.750 bits per heavy atom. The van der Waals surface area contributed by atoms with Crippen LogP contribution < -0.4 is 0 Å². The van der Waals surface area contributed by atoms with E-state index in [4.69, 9.17) is 4.43 Å². The summed E-state index contributed by atoms with van der Waals surface area (Å²) in [5, 5.41) is 0. The first-order valence-electron chi connectivity index (χ1n) is 9.11. The topological polar surface area (TPSA) is 9.23 Å². The van der Waals surface area contributed by atoms with E-state index < -0.39 is 8.32 Å². The molecule has 0 rings (SSSR count). The van der Waals surface area contributed by atoms with Crippen molar-refractivity contribution in [2.45, 2.75) is 117 Å². The van der Waals surface area contributed by atoms with Crippen LogP contribution in [0.1, 0.15) is 91.9 Å². The zero-order chi connectivity index (χ0) is 15.4. The zero-order valence-corrected chi connectivity index (χ0v) is 16.1. The number of unbranched alkanes of at least 4 members (excludes halogenated alkanes) is 6. The van der Waals surface area contributed by atoms with Crippen LogP contribution in [0, 0.1) is 0 Å². The number of hydrogen-bond donors (Lipinski definition) is 0. The van der Waals surface area contributed by atoms with E-state index in [0.29, 0.717) is 6.10 Å². The predicted molar refractivity (Wildman–Crippen MR) is 95.0 cm³/mol. The summed E-state index contributed by atoms with van der Waals surface area (Å²) in [6.45, 7) is 14.0. The number of hydrogen-bond acceptors (Lipinski definition) is 1. The third-order valence-corrected chi connectivity index (χ3v) is 8.34. The zero-order valence-electron chi connectivity index (χ0n) is 15.1. The Bertz CT molecular complexity index is 213. The largest absolute Gasteiger partial charge is 0.414 e. The Morgan fingerprint density at radius 3 is 1.80 bits per heavy atom. The van der Waals surface area contributed by atoms with Crippen LogP contribution in [0.25, 0.3) is 0 Å². The molecular formula is C18H40OSi. The smallest absolute Gasteiger partial charge is 0.189 e. The molecule has 122 valence electrons. The average molecular weight is 301 g/mol. The fraction of sp³-hybridized carbons (Fsp3) is 1.00. The molecule has 0 aromatic carbocycles. The molecular weight excluding hydrogens is 260 g/mol. The van der Waals surface area contributed by atoms with Crippen molar-refractivity contribution in [1.29, 1.82) is 0 Å². The Hall–Kier alpha value is 0.177.